The molecule has 1 aromatic heterocycles. The molecule has 3 rings (SSSR count). The Morgan fingerprint density at radius 3 is 3.00 bits per heavy atom. The number of nitrogens with zero attached hydrogens (tertiary/aromatic N) is 4. The second kappa shape index (κ2) is 5.51. The first kappa shape index (κ1) is 13.5. The van der Waals surface area contributed by atoms with Gasteiger partial charge in [-0.05, 0) is 41.1 Å². The van der Waals surface area contributed by atoms with E-state index in [1.807, 2.05) is 31.3 Å². The van der Waals surface area contributed by atoms with Gasteiger partial charge in [-0.3, -0.25) is 4.79 Å². The van der Waals surface area contributed by atoms with Crippen molar-refractivity contribution in [1.82, 2.24) is 19.7 Å². The van der Waals surface area contributed by atoms with Crippen LogP contribution in [-0.4, -0.2) is 32.6 Å². The summed E-state index contributed by atoms with van der Waals surface area (Å²) in [7, 11) is 1.81. The molecule has 0 spiro atoms. The third kappa shape index (κ3) is 2.44. The highest BCUT2D eigenvalue weighted by molar-refractivity contribution is 14.1. The number of halogens is 1. The number of amides is 1. The van der Waals surface area contributed by atoms with Gasteiger partial charge < -0.3 is 9.47 Å². The molecule has 0 atom stereocenters. The van der Waals surface area contributed by atoms with Crippen molar-refractivity contribution in [2.45, 2.75) is 25.9 Å². The molecular weight excluding hydrogens is 367 g/mol. The van der Waals surface area contributed by atoms with Gasteiger partial charge in [0.2, 0.25) is 0 Å². The number of hydrogen-bond acceptors (Lipinski definition) is 3. The summed E-state index contributed by atoms with van der Waals surface area (Å²) in [5.74, 6) is 1.93. The average Bonchev–Trinajstić information content (AvgIpc) is 3.03. The number of aryl methyl sites for hydroxylation is 1. The van der Waals surface area contributed by atoms with E-state index in [2.05, 4.69) is 37.4 Å². The summed E-state index contributed by atoms with van der Waals surface area (Å²) >= 11 is 2.19. The third-order valence-corrected chi connectivity index (χ3v) is 4.46. The van der Waals surface area contributed by atoms with Gasteiger partial charge in [0.15, 0.2) is 5.82 Å². The molecule has 0 saturated heterocycles. The first-order valence-electron chi connectivity index (χ1n) is 6.58. The van der Waals surface area contributed by atoms with Crippen LogP contribution in [0.3, 0.4) is 0 Å². The van der Waals surface area contributed by atoms with Crippen LogP contribution in [0, 0.1) is 3.57 Å². The Kier molecular flexibility index (Phi) is 3.73. The SMILES string of the molecule is CN(Cc1nnc2n1CCC2)C(=O)c1ccccc1I. The molecule has 2 heterocycles. The Hall–Kier alpha value is -1.44. The molecule has 104 valence electrons. The van der Waals surface area contributed by atoms with Crippen molar-refractivity contribution in [3.8, 4) is 0 Å². The Balaban J connectivity index is 1.78. The molecule has 0 bridgehead atoms. The Bertz CT molecular complexity index is 652. The fraction of sp³-hybridized carbons (Fsp3) is 0.357. The lowest BCUT2D eigenvalue weighted by molar-refractivity contribution is 0.0779. The van der Waals surface area contributed by atoms with E-state index in [4.69, 9.17) is 0 Å². The summed E-state index contributed by atoms with van der Waals surface area (Å²) in [6.45, 7) is 1.46. The van der Waals surface area contributed by atoms with Crippen molar-refractivity contribution < 1.29 is 4.79 Å². The zero-order valence-electron chi connectivity index (χ0n) is 11.2. The van der Waals surface area contributed by atoms with E-state index in [-0.39, 0.29) is 5.91 Å². The van der Waals surface area contributed by atoms with Crippen LogP contribution in [0.2, 0.25) is 0 Å². The van der Waals surface area contributed by atoms with E-state index >= 15 is 0 Å². The van der Waals surface area contributed by atoms with E-state index in [1.54, 1.807) is 4.90 Å². The summed E-state index contributed by atoms with van der Waals surface area (Å²) in [5.41, 5.74) is 0.733. The fourth-order valence-electron chi connectivity index (χ4n) is 2.45. The van der Waals surface area contributed by atoms with Crippen molar-refractivity contribution in [3.05, 3.63) is 45.0 Å². The molecular formula is C14H15IN4O. The van der Waals surface area contributed by atoms with Gasteiger partial charge >= 0.3 is 0 Å². The van der Waals surface area contributed by atoms with Gasteiger partial charge in [-0.25, -0.2) is 0 Å². The number of carbonyl (C=O) groups is 1. The topological polar surface area (TPSA) is 51.0 Å². The first-order chi connectivity index (χ1) is 9.66. The maximum absolute atomic E-state index is 12.5. The third-order valence-electron chi connectivity index (χ3n) is 3.52. The monoisotopic (exact) mass is 382 g/mol. The molecule has 0 fully saturated rings. The standard InChI is InChI=1S/C14H15IN4O/c1-18(14(20)10-5-2-3-6-11(10)15)9-13-17-16-12-7-4-8-19(12)13/h2-3,5-6H,4,7-9H2,1H3. The van der Waals surface area contributed by atoms with Crippen LogP contribution >= 0.6 is 22.6 Å². The van der Waals surface area contributed by atoms with Gasteiger partial charge in [-0.1, -0.05) is 12.1 Å². The van der Waals surface area contributed by atoms with Crippen LogP contribution in [0.25, 0.3) is 0 Å². The molecule has 1 aliphatic heterocycles. The Morgan fingerprint density at radius 1 is 1.40 bits per heavy atom. The maximum Gasteiger partial charge on any atom is 0.255 e. The van der Waals surface area contributed by atoms with Crippen LogP contribution in [0.1, 0.15) is 28.4 Å². The molecule has 6 heteroatoms. The molecule has 20 heavy (non-hydrogen) atoms. The van der Waals surface area contributed by atoms with Crippen LogP contribution in [0.4, 0.5) is 0 Å². The number of benzene rings is 1. The fourth-order valence-corrected chi connectivity index (χ4v) is 3.07. The first-order valence-corrected chi connectivity index (χ1v) is 7.65. The zero-order chi connectivity index (χ0) is 14.1. The minimum Gasteiger partial charge on any atom is -0.334 e. The molecule has 5 nitrogen and oxygen atoms in total. The van der Waals surface area contributed by atoms with E-state index < -0.39 is 0 Å². The summed E-state index contributed by atoms with van der Waals surface area (Å²) in [4.78, 5) is 14.2. The highest BCUT2D eigenvalue weighted by atomic mass is 127. The smallest absolute Gasteiger partial charge is 0.255 e. The minimum absolute atomic E-state index is 0.0188. The van der Waals surface area contributed by atoms with Crippen molar-refractivity contribution in [3.63, 3.8) is 0 Å². The number of carbonyl (C=O) groups excluding carboxylic acids is 1. The highest BCUT2D eigenvalue weighted by Gasteiger charge is 2.21. The van der Waals surface area contributed by atoms with Crippen molar-refractivity contribution >= 4 is 28.5 Å². The molecule has 0 saturated carbocycles. The zero-order valence-corrected chi connectivity index (χ0v) is 13.4. The molecule has 0 aliphatic carbocycles. The van der Waals surface area contributed by atoms with E-state index in [9.17, 15) is 4.79 Å². The summed E-state index contributed by atoms with van der Waals surface area (Å²) < 4.78 is 3.09. The van der Waals surface area contributed by atoms with Crippen molar-refractivity contribution in [2.75, 3.05) is 7.05 Å². The molecule has 0 N–H and O–H groups in total. The molecule has 2 aromatic rings. The predicted octanol–water partition coefficient (Wildman–Crippen LogP) is 2.10. The average molecular weight is 382 g/mol. The number of aromatic nitrogens is 3. The predicted molar refractivity (Wildman–Crippen MR) is 83.3 cm³/mol. The van der Waals surface area contributed by atoms with Gasteiger partial charge in [-0.15, -0.1) is 10.2 Å². The van der Waals surface area contributed by atoms with Crippen LogP contribution in [-0.2, 0) is 19.5 Å². The molecule has 1 aliphatic rings. The van der Waals surface area contributed by atoms with Crippen LogP contribution in [0.5, 0.6) is 0 Å². The van der Waals surface area contributed by atoms with Gasteiger partial charge in [0.1, 0.15) is 5.82 Å². The summed E-state index contributed by atoms with van der Waals surface area (Å²) in [6, 6.07) is 7.62. The van der Waals surface area contributed by atoms with Gasteiger partial charge in [0.05, 0.1) is 12.1 Å². The lowest BCUT2D eigenvalue weighted by Gasteiger charge is -2.17. The van der Waals surface area contributed by atoms with Gasteiger partial charge in [-0.2, -0.15) is 0 Å². The number of fused-ring (bicyclic) bond motifs is 1. The van der Waals surface area contributed by atoms with E-state index in [0.717, 1.165) is 40.2 Å². The minimum atomic E-state index is 0.0188. The van der Waals surface area contributed by atoms with Crippen LogP contribution in [0.15, 0.2) is 24.3 Å². The van der Waals surface area contributed by atoms with Crippen LogP contribution < -0.4 is 0 Å². The normalized spacial score (nSPS) is 13.3. The lowest BCUT2D eigenvalue weighted by Crippen LogP contribution is -2.28. The maximum atomic E-state index is 12.5. The van der Waals surface area contributed by atoms with Crippen molar-refractivity contribution in [1.29, 1.82) is 0 Å². The quantitative estimate of drug-likeness (QED) is 0.765. The second-order valence-electron chi connectivity index (χ2n) is 4.93. The van der Waals surface area contributed by atoms with E-state index in [0.29, 0.717) is 6.54 Å². The van der Waals surface area contributed by atoms with Crippen molar-refractivity contribution in [2.24, 2.45) is 0 Å². The van der Waals surface area contributed by atoms with E-state index in [1.165, 1.54) is 0 Å². The van der Waals surface area contributed by atoms with Gasteiger partial charge in [0, 0.05) is 23.6 Å². The summed E-state index contributed by atoms with van der Waals surface area (Å²) in [6.07, 6.45) is 2.10. The number of rotatable bonds is 3. The lowest BCUT2D eigenvalue weighted by atomic mass is 10.2. The molecule has 0 radical (unpaired) electrons. The largest absolute Gasteiger partial charge is 0.334 e. The second-order valence-corrected chi connectivity index (χ2v) is 6.09. The Labute approximate surface area is 131 Å². The highest BCUT2D eigenvalue weighted by Crippen LogP contribution is 2.17. The number of hydrogen-bond donors (Lipinski definition) is 0. The summed E-state index contributed by atoms with van der Waals surface area (Å²) in [5, 5.41) is 8.37. The Morgan fingerprint density at radius 2 is 2.20 bits per heavy atom. The van der Waals surface area contributed by atoms with Gasteiger partial charge in [0.25, 0.3) is 5.91 Å². The molecule has 1 aromatic carbocycles. The molecule has 0 unspecified atom stereocenters. The molecule has 1 amide bonds.